The van der Waals surface area contributed by atoms with Crippen LogP contribution in [0.3, 0.4) is 0 Å². The van der Waals surface area contributed by atoms with E-state index in [2.05, 4.69) is 14.9 Å². The van der Waals surface area contributed by atoms with Crippen molar-refractivity contribution in [3.05, 3.63) is 41.6 Å². The standard InChI is InChI=1S/C16H17N3O5S2/c1-22-12-6-5-11(10-13(12)23-2)26(20,21)17-8-7-15-18-19-16(24-15)14-4-3-9-25-14/h3-6,9-10,17H,7-8H2,1-2H3. The molecule has 2 heterocycles. The Kier molecular flexibility index (Phi) is 5.55. The number of aromatic nitrogens is 2. The Hall–Kier alpha value is -2.43. The first kappa shape index (κ1) is 18.4. The fourth-order valence-electron chi connectivity index (χ4n) is 2.21. The smallest absolute Gasteiger partial charge is 0.257 e. The molecule has 0 saturated heterocycles. The second-order valence-electron chi connectivity index (χ2n) is 5.14. The van der Waals surface area contributed by atoms with Crippen LogP contribution in [0.4, 0.5) is 0 Å². The van der Waals surface area contributed by atoms with Crippen molar-refractivity contribution in [1.29, 1.82) is 0 Å². The Bertz CT molecular complexity index is 968. The molecular formula is C16H17N3O5S2. The lowest BCUT2D eigenvalue weighted by atomic mass is 10.3. The van der Waals surface area contributed by atoms with Gasteiger partial charge in [0.15, 0.2) is 11.5 Å². The van der Waals surface area contributed by atoms with Crippen LogP contribution >= 0.6 is 11.3 Å². The third-order valence-corrected chi connectivity index (χ3v) is 5.81. The van der Waals surface area contributed by atoms with E-state index in [4.69, 9.17) is 13.9 Å². The highest BCUT2D eigenvalue weighted by Gasteiger charge is 2.17. The Morgan fingerprint density at radius 2 is 1.96 bits per heavy atom. The summed E-state index contributed by atoms with van der Waals surface area (Å²) in [7, 11) is -0.766. The zero-order valence-corrected chi connectivity index (χ0v) is 15.8. The van der Waals surface area contributed by atoms with Gasteiger partial charge in [0.25, 0.3) is 5.89 Å². The normalized spacial score (nSPS) is 11.5. The van der Waals surface area contributed by atoms with Crippen molar-refractivity contribution < 1.29 is 22.3 Å². The van der Waals surface area contributed by atoms with Crippen LogP contribution < -0.4 is 14.2 Å². The number of thiophene rings is 1. The molecule has 0 saturated carbocycles. The van der Waals surface area contributed by atoms with Crippen LogP contribution in [-0.2, 0) is 16.4 Å². The number of methoxy groups -OCH3 is 2. The molecule has 26 heavy (non-hydrogen) atoms. The van der Waals surface area contributed by atoms with E-state index in [0.717, 1.165) is 4.88 Å². The van der Waals surface area contributed by atoms with Gasteiger partial charge in [0, 0.05) is 19.0 Å². The predicted octanol–water partition coefficient (Wildman–Crippen LogP) is 2.34. The minimum Gasteiger partial charge on any atom is -0.493 e. The topological polar surface area (TPSA) is 104 Å². The highest BCUT2D eigenvalue weighted by Crippen LogP contribution is 2.29. The summed E-state index contributed by atoms with van der Waals surface area (Å²) in [6, 6.07) is 8.16. The van der Waals surface area contributed by atoms with E-state index >= 15 is 0 Å². The number of rotatable bonds is 8. The summed E-state index contributed by atoms with van der Waals surface area (Å²) in [5.41, 5.74) is 0. The zero-order valence-electron chi connectivity index (χ0n) is 14.1. The first-order chi connectivity index (χ1) is 12.5. The minimum absolute atomic E-state index is 0.0833. The maximum atomic E-state index is 12.4. The molecule has 0 unspecified atom stereocenters. The number of nitrogens with one attached hydrogen (secondary N) is 1. The van der Waals surface area contributed by atoms with Crippen molar-refractivity contribution in [1.82, 2.24) is 14.9 Å². The SMILES string of the molecule is COc1ccc(S(=O)(=O)NCCc2nnc(-c3cccs3)o2)cc1OC. The molecule has 0 aliphatic carbocycles. The van der Waals surface area contributed by atoms with Crippen molar-refractivity contribution in [2.45, 2.75) is 11.3 Å². The molecule has 0 radical (unpaired) electrons. The van der Waals surface area contributed by atoms with Gasteiger partial charge in [0.05, 0.1) is 24.0 Å². The minimum atomic E-state index is -3.70. The number of nitrogens with zero attached hydrogens (tertiary/aromatic N) is 2. The molecule has 8 nitrogen and oxygen atoms in total. The van der Waals surface area contributed by atoms with Gasteiger partial charge in [-0.1, -0.05) is 6.07 Å². The summed E-state index contributed by atoms with van der Waals surface area (Å²) in [6.45, 7) is 0.128. The van der Waals surface area contributed by atoms with Gasteiger partial charge in [0.2, 0.25) is 15.9 Å². The van der Waals surface area contributed by atoms with Crippen LogP contribution in [0.5, 0.6) is 11.5 Å². The molecular weight excluding hydrogens is 378 g/mol. The van der Waals surface area contributed by atoms with Gasteiger partial charge in [-0.2, -0.15) is 0 Å². The van der Waals surface area contributed by atoms with Gasteiger partial charge in [-0.05, 0) is 23.6 Å². The lowest BCUT2D eigenvalue weighted by Crippen LogP contribution is -2.26. The van der Waals surface area contributed by atoms with Crippen molar-refractivity contribution in [2.24, 2.45) is 0 Å². The van der Waals surface area contributed by atoms with E-state index in [1.807, 2.05) is 17.5 Å². The Morgan fingerprint density at radius 3 is 2.65 bits per heavy atom. The van der Waals surface area contributed by atoms with Crippen LogP contribution in [0.25, 0.3) is 10.8 Å². The second kappa shape index (κ2) is 7.85. The third-order valence-electron chi connectivity index (χ3n) is 3.50. The Labute approximate surface area is 154 Å². The van der Waals surface area contributed by atoms with Crippen molar-refractivity contribution >= 4 is 21.4 Å². The Balaban J connectivity index is 1.64. The maximum absolute atomic E-state index is 12.4. The lowest BCUT2D eigenvalue weighted by molar-refractivity contribution is 0.354. The molecule has 3 rings (SSSR count). The van der Waals surface area contributed by atoms with Crippen LogP contribution in [0.15, 0.2) is 45.0 Å². The third kappa shape index (κ3) is 4.03. The zero-order chi connectivity index (χ0) is 18.6. The molecule has 0 spiro atoms. The quantitative estimate of drug-likeness (QED) is 0.624. The molecule has 0 atom stereocenters. The van der Waals surface area contributed by atoms with Crippen molar-refractivity contribution in [2.75, 3.05) is 20.8 Å². The highest BCUT2D eigenvalue weighted by atomic mass is 32.2. The lowest BCUT2D eigenvalue weighted by Gasteiger charge is -2.10. The number of hydrogen-bond donors (Lipinski definition) is 1. The van der Waals surface area contributed by atoms with E-state index in [-0.39, 0.29) is 17.9 Å². The average molecular weight is 395 g/mol. The van der Waals surface area contributed by atoms with E-state index in [0.29, 0.717) is 23.3 Å². The number of hydrogen-bond acceptors (Lipinski definition) is 8. The average Bonchev–Trinajstić information content (AvgIpc) is 3.32. The van der Waals surface area contributed by atoms with Crippen LogP contribution in [0.2, 0.25) is 0 Å². The molecule has 0 amide bonds. The summed E-state index contributed by atoms with van der Waals surface area (Å²) in [5, 5.41) is 9.81. The first-order valence-electron chi connectivity index (χ1n) is 7.61. The first-order valence-corrected chi connectivity index (χ1v) is 9.97. The summed E-state index contributed by atoms with van der Waals surface area (Å²) in [5.74, 6) is 1.59. The van der Waals surface area contributed by atoms with E-state index < -0.39 is 10.0 Å². The van der Waals surface area contributed by atoms with Crippen LogP contribution in [0.1, 0.15) is 5.89 Å². The fraction of sp³-hybridized carbons (Fsp3) is 0.250. The molecule has 0 bridgehead atoms. The summed E-state index contributed by atoms with van der Waals surface area (Å²) < 4.78 is 43.1. The molecule has 1 aromatic carbocycles. The van der Waals surface area contributed by atoms with Gasteiger partial charge >= 0.3 is 0 Å². The Morgan fingerprint density at radius 1 is 1.15 bits per heavy atom. The van der Waals surface area contributed by atoms with Gasteiger partial charge in [-0.15, -0.1) is 21.5 Å². The molecule has 2 aromatic heterocycles. The molecule has 0 aliphatic rings. The molecule has 10 heteroatoms. The van der Waals surface area contributed by atoms with Crippen molar-refractivity contribution in [3.8, 4) is 22.3 Å². The van der Waals surface area contributed by atoms with Gasteiger partial charge < -0.3 is 13.9 Å². The van der Waals surface area contributed by atoms with E-state index in [1.165, 1.54) is 37.7 Å². The van der Waals surface area contributed by atoms with Crippen molar-refractivity contribution in [3.63, 3.8) is 0 Å². The monoisotopic (exact) mass is 395 g/mol. The van der Waals surface area contributed by atoms with Gasteiger partial charge in [-0.3, -0.25) is 0 Å². The highest BCUT2D eigenvalue weighted by molar-refractivity contribution is 7.89. The molecule has 138 valence electrons. The number of sulfonamides is 1. The molecule has 0 fully saturated rings. The maximum Gasteiger partial charge on any atom is 0.257 e. The van der Waals surface area contributed by atoms with Gasteiger partial charge in [0.1, 0.15) is 0 Å². The largest absolute Gasteiger partial charge is 0.493 e. The van der Waals surface area contributed by atoms with E-state index in [1.54, 1.807) is 6.07 Å². The number of benzene rings is 1. The van der Waals surface area contributed by atoms with Crippen LogP contribution in [0, 0.1) is 0 Å². The molecule has 0 aliphatic heterocycles. The second-order valence-corrected chi connectivity index (χ2v) is 7.86. The summed E-state index contributed by atoms with van der Waals surface area (Å²) in [6.07, 6.45) is 0.283. The summed E-state index contributed by atoms with van der Waals surface area (Å²) in [4.78, 5) is 0.953. The van der Waals surface area contributed by atoms with E-state index in [9.17, 15) is 8.42 Å². The van der Waals surface area contributed by atoms with Crippen LogP contribution in [-0.4, -0.2) is 39.4 Å². The molecule has 3 aromatic rings. The summed E-state index contributed by atoms with van der Waals surface area (Å²) >= 11 is 1.49. The fourth-order valence-corrected chi connectivity index (χ4v) is 3.90. The predicted molar refractivity (Wildman–Crippen MR) is 96.0 cm³/mol. The number of ether oxygens (including phenoxy) is 2. The molecule has 1 N–H and O–H groups in total. The van der Waals surface area contributed by atoms with Gasteiger partial charge in [-0.25, -0.2) is 13.1 Å².